The first-order valence-electron chi connectivity index (χ1n) is 5.22. The van der Waals surface area contributed by atoms with Crippen molar-refractivity contribution in [3.05, 3.63) is 29.8 Å². The molecule has 0 bridgehead atoms. The van der Waals surface area contributed by atoms with Gasteiger partial charge in [-0.05, 0) is 25.0 Å². The summed E-state index contributed by atoms with van der Waals surface area (Å²) in [4.78, 5) is 11.3. The van der Waals surface area contributed by atoms with Gasteiger partial charge < -0.3 is 4.74 Å². The SMILES string of the molecule is CC/C=N/NC(=O)COc1ccccc1C. The van der Waals surface area contributed by atoms with E-state index in [1.807, 2.05) is 38.1 Å². The zero-order valence-corrected chi connectivity index (χ0v) is 9.56. The average molecular weight is 220 g/mol. The molecule has 4 nitrogen and oxygen atoms in total. The van der Waals surface area contributed by atoms with Gasteiger partial charge in [0.1, 0.15) is 5.75 Å². The second kappa shape index (κ2) is 6.61. The minimum absolute atomic E-state index is 0.0219. The van der Waals surface area contributed by atoms with Gasteiger partial charge in [0.2, 0.25) is 0 Å². The summed E-state index contributed by atoms with van der Waals surface area (Å²) in [6.07, 6.45) is 2.42. The fourth-order valence-electron chi connectivity index (χ4n) is 1.10. The number of aryl methyl sites for hydroxylation is 1. The summed E-state index contributed by atoms with van der Waals surface area (Å²) in [5.41, 5.74) is 3.39. The lowest BCUT2D eigenvalue weighted by Gasteiger charge is -2.07. The fraction of sp³-hybridized carbons (Fsp3) is 0.333. The Hall–Kier alpha value is -1.84. The number of ether oxygens (including phenoxy) is 1. The summed E-state index contributed by atoms with van der Waals surface area (Å²) in [6.45, 7) is 3.86. The lowest BCUT2D eigenvalue weighted by atomic mass is 10.2. The van der Waals surface area contributed by atoms with Gasteiger partial charge in [-0.25, -0.2) is 5.43 Å². The molecule has 1 rings (SSSR count). The highest BCUT2D eigenvalue weighted by atomic mass is 16.5. The van der Waals surface area contributed by atoms with Crippen molar-refractivity contribution in [2.45, 2.75) is 20.3 Å². The fourth-order valence-corrected chi connectivity index (χ4v) is 1.10. The van der Waals surface area contributed by atoms with Crippen LogP contribution in [0.4, 0.5) is 0 Å². The van der Waals surface area contributed by atoms with Crippen LogP contribution < -0.4 is 10.2 Å². The highest BCUT2D eigenvalue weighted by molar-refractivity contribution is 5.78. The van der Waals surface area contributed by atoms with Gasteiger partial charge in [-0.3, -0.25) is 4.79 Å². The quantitative estimate of drug-likeness (QED) is 0.608. The molecular formula is C12H16N2O2. The predicted molar refractivity (Wildman–Crippen MR) is 63.6 cm³/mol. The number of nitrogens with zero attached hydrogens (tertiary/aromatic N) is 1. The summed E-state index contributed by atoms with van der Waals surface area (Å²) in [5, 5.41) is 3.72. The van der Waals surface area contributed by atoms with E-state index in [4.69, 9.17) is 4.74 Å². The molecule has 1 aromatic carbocycles. The highest BCUT2D eigenvalue weighted by Gasteiger charge is 2.02. The molecule has 0 radical (unpaired) electrons. The van der Waals surface area contributed by atoms with Crippen LogP contribution in [0.15, 0.2) is 29.4 Å². The Morgan fingerprint density at radius 2 is 2.25 bits per heavy atom. The molecule has 0 fully saturated rings. The largest absolute Gasteiger partial charge is 0.483 e. The molecule has 0 saturated carbocycles. The van der Waals surface area contributed by atoms with Gasteiger partial charge >= 0.3 is 0 Å². The van der Waals surface area contributed by atoms with E-state index in [1.54, 1.807) is 6.21 Å². The monoisotopic (exact) mass is 220 g/mol. The molecule has 0 saturated heterocycles. The number of rotatable bonds is 5. The molecule has 0 aliphatic heterocycles. The molecule has 0 heterocycles. The summed E-state index contributed by atoms with van der Waals surface area (Å²) in [5.74, 6) is 0.463. The number of hydrazone groups is 1. The van der Waals surface area contributed by atoms with Crippen LogP contribution >= 0.6 is 0 Å². The Morgan fingerprint density at radius 1 is 1.50 bits per heavy atom. The minimum atomic E-state index is -0.257. The Bertz CT molecular complexity index is 375. The maximum absolute atomic E-state index is 11.3. The highest BCUT2D eigenvalue weighted by Crippen LogP contribution is 2.15. The third-order valence-corrected chi connectivity index (χ3v) is 1.92. The predicted octanol–water partition coefficient (Wildman–Crippen LogP) is 1.89. The van der Waals surface area contributed by atoms with Crippen LogP contribution in [0, 0.1) is 6.92 Å². The maximum atomic E-state index is 11.3. The van der Waals surface area contributed by atoms with Crippen molar-refractivity contribution < 1.29 is 9.53 Å². The average Bonchev–Trinajstić information content (AvgIpc) is 2.28. The van der Waals surface area contributed by atoms with Gasteiger partial charge in [-0.2, -0.15) is 5.10 Å². The number of carbonyl (C=O) groups excluding carboxylic acids is 1. The van der Waals surface area contributed by atoms with Crippen molar-refractivity contribution in [3.8, 4) is 5.75 Å². The van der Waals surface area contributed by atoms with Gasteiger partial charge in [-0.1, -0.05) is 25.1 Å². The van der Waals surface area contributed by atoms with Crippen LogP contribution in [-0.4, -0.2) is 18.7 Å². The van der Waals surface area contributed by atoms with E-state index in [2.05, 4.69) is 10.5 Å². The summed E-state index contributed by atoms with van der Waals surface area (Å²) >= 11 is 0. The molecule has 0 aromatic heterocycles. The molecule has 0 unspecified atom stereocenters. The summed E-state index contributed by atoms with van der Waals surface area (Å²) < 4.78 is 5.34. The normalized spacial score (nSPS) is 10.4. The standard InChI is InChI=1S/C12H16N2O2/c1-3-8-13-14-12(15)9-16-11-7-5-4-6-10(11)2/h4-8H,3,9H2,1-2H3,(H,14,15)/b13-8+. The Balaban J connectivity index is 2.37. The molecule has 1 amide bonds. The number of hydrogen-bond acceptors (Lipinski definition) is 3. The van der Waals surface area contributed by atoms with E-state index >= 15 is 0 Å². The van der Waals surface area contributed by atoms with Gasteiger partial charge in [0.25, 0.3) is 5.91 Å². The molecule has 86 valence electrons. The van der Waals surface area contributed by atoms with Crippen LogP contribution in [0.3, 0.4) is 0 Å². The Kier molecular flexibility index (Phi) is 5.05. The number of amides is 1. The van der Waals surface area contributed by atoms with Crippen LogP contribution in [-0.2, 0) is 4.79 Å². The van der Waals surface area contributed by atoms with Crippen molar-refractivity contribution >= 4 is 12.1 Å². The second-order valence-corrected chi connectivity index (χ2v) is 3.31. The van der Waals surface area contributed by atoms with Crippen molar-refractivity contribution in [2.75, 3.05) is 6.61 Å². The maximum Gasteiger partial charge on any atom is 0.277 e. The van der Waals surface area contributed by atoms with Crippen LogP contribution in [0.2, 0.25) is 0 Å². The molecule has 0 aliphatic rings. The minimum Gasteiger partial charge on any atom is -0.483 e. The number of hydrogen-bond donors (Lipinski definition) is 1. The lowest BCUT2D eigenvalue weighted by molar-refractivity contribution is -0.123. The zero-order chi connectivity index (χ0) is 11.8. The number of carbonyl (C=O) groups is 1. The molecule has 1 aromatic rings. The third-order valence-electron chi connectivity index (χ3n) is 1.92. The first kappa shape index (κ1) is 12.2. The van der Waals surface area contributed by atoms with Crippen molar-refractivity contribution in [3.63, 3.8) is 0 Å². The smallest absolute Gasteiger partial charge is 0.277 e. The molecule has 0 atom stereocenters. The van der Waals surface area contributed by atoms with Crippen molar-refractivity contribution in [1.29, 1.82) is 0 Å². The second-order valence-electron chi connectivity index (χ2n) is 3.31. The molecule has 16 heavy (non-hydrogen) atoms. The van der Waals surface area contributed by atoms with Crippen molar-refractivity contribution in [2.24, 2.45) is 5.10 Å². The van der Waals surface area contributed by atoms with Crippen molar-refractivity contribution in [1.82, 2.24) is 5.43 Å². The topological polar surface area (TPSA) is 50.7 Å². The van der Waals surface area contributed by atoms with E-state index in [9.17, 15) is 4.79 Å². The van der Waals surface area contributed by atoms with Gasteiger partial charge in [-0.15, -0.1) is 0 Å². The van der Waals surface area contributed by atoms with Crippen LogP contribution in [0.25, 0.3) is 0 Å². The summed E-state index contributed by atoms with van der Waals surface area (Å²) in [7, 11) is 0. The van der Waals surface area contributed by atoms with E-state index in [1.165, 1.54) is 0 Å². The van der Waals surface area contributed by atoms with E-state index in [0.29, 0.717) is 0 Å². The number of para-hydroxylation sites is 1. The van der Waals surface area contributed by atoms with E-state index in [0.717, 1.165) is 17.7 Å². The van der Waals surface area contributed by atoms with Gasteiger partial charge in [0.05, 0.1) is 0 Å². The van der Waals surface area contributed by atoms with Crippen LogP contribution in [0.5, 0.6) is 5.75 Å². The van der Waals surface area contributed by atoms with E-state index < -0.39 is 0 Å². The first-order valence-corrected chi connectivity index (χ1v) is 5.22. The Morgan fingerprint density at radius 3 is 2.94 bits per heavy atom. The van der Waals surface area contributed by atoms with Gasteiger partial charge in [0.15, 0.2) is 6.61 Å². The first-order chi connectivity index (χ1) is 7.74. The molecule has 1 N–H and O–H groups in total. The lowest BCUT2D eigenvalue weighted by Crippen LogP contribution is -2.24. The van der Waals surface area contributed by atoms with Gasteiger partial charge in [0, 0.05) is 6.21 Å². The molecule has 0 spiro atoms. The van der Waals surface area contributed by atoms with E-state index in [-0.39, 0.29) is 12.5 Å². The number of benzene rings is 1. The molecular weight excluding hydrogens is 204 g/mol. The zero-order valence-electron chi connectivity index (χ0n) is 9.56. The molecule has 0 aliphatic carbocycles. The van der Waals surface area contributed by atoms with Crippen LogP contribution in [0.1, 0.15) is 18.9 Å². The Labute approximate surface area is 95.3 Å². The number of nitrogens with one attached hydrogen (secondary N) is 1. The summed E-state index contributed by atoms with van der Waals surface area (Å²) in [6, 6.07) is 7.56. The molecule has 4 heteroatoms. The third kappa shape index (κ3) is 4.13.